The van der Waals surface area contributed by atoms with Crippen molar-refractivity contribution in [1.29, 1.82) is 0 Å². The molecule has 2 heteroatoms. The summed E-state index contributed by atoms with van der Waals surface area (Å²) in [5.41, 5.74) is 4.21. The molecule has 3 aromatic carbocycles. The quantitative estimate of drug-likeness (QED) is 0.497. The molecule has 24 heavy (non-hydrogen) atoms. The maximum atomic E-state index is 9.50. The lowest BCUT2D eigenvalue weighted by atomic mass is 10.1. The molecule has 0 atom stereocenters. The van der Waals surface area contributed by atoms with Crippen molar-refractivity contribution in [2.75, 3.05) is 0 Å². The maximum absolute atomic E-state index is 9.50. The average Bonchev–Trinajstić information content (AvgIpc) is 2.63. The van der Waals surface area contributed by atoms with E-state index in [9.17, 15) is 10.2 Å². The summed E-state index contributed by atoms with van der Waals surface area (Å²) in [5, 5.41) is 18.8. The van der Waals surface area contributed by atoms with Crippen LogP contribution in [0.5, 0.6) is 11.5 Å². The summed E-state index contributed by atoms with van der Waals surface area (Å²) >= 11 is 0. The minimum absolute atomic E-state index is 0.110. The Morgan fingerprint density at radius 3 is 1.46 bits per heavy atom. The minimum atomic E-state index is -0.112. The molecule has 0 bridgehead atoms. The number of hydrogen-bond acceptors (Lipinski definition) is 2. The van der Waals surface area contributed by atoms with E-state index < -0.39 is 0 Å². The van der Waals surface area contributed by atoms with Crippen molar-refractivity contribution in [2.24, 2.45) is 0 Å². The summed E-state index contributed by atoms with van der Waals surface area (Å²) in [4.78, 5) is 0. The van der Waals surface area contributed by atoms with Gasteiger partial charge in [0.1, 0.15) is 0 Å². The Balaban J connectivity index is 1.69. The third kappa shape index (κ3) is 4.14. The van der Waals surface area contributed by atoms with Gasteiger partial charge in [-0.15, -0.1) is 0 Å². The fourth-order valence-electron chi connectivity index (χ4n) is 2.31. The van der Waals surface area contributed by atoms with Crippen molar-refractivity contribution in [2.45, 2.75) is 0 Å². The van der Waals surface area contributed by atoms with Gasteiger partial charge in [-0.1, -0.05) is 85.0 Å². The molecule has 0 fully saturated rings. The van der Waals surface area contributed by atoms with Gasteiger partial charge in [-0.2, -0.15) is 0 Å². The number of benzene rings is 3. The summed E-state index contributed by atoms with van der Waals surface area (Å²) < 4.78 is 0. The first-order valence-electron chi connectivity index (χ1n) is 7.74. The number of phenolic OH excluding ortho intramolecular Hbond substituents is 2. The third-order valence-corrected chi connectivity index (χ3v) is 3.67. The van der Waals surface area contributed by atoms with E-state index in [1.54, 1.807) is 6.07 Å². The van der Waals surface area contributed by atoms with E-state index in [0.29, 0.717) is 0 Å². The van der Waals surface area contributed by atoms with Gasteiger partial charge in [0, 0.05) is 0 Å². The van der Waals surface area contributed by atoms with Crippen LogP contribution < -0.4 is 0 Å². The second-order valence-corrected chi connectivity index (χ2v) is 5.49. The average molecular weight is 314 g/mol. The van der Waals surface area contributed by atoms with Crippen LogP contribution >= 0.6 is 0 Å². The smallest absolute Gasteiger partial charge is 0.157 e. The lowest BCUT2D eigenvalue weighted by molar-refractivity contribution is 0.403. The highest BCUT2D eigenvalue weighted by Crippen LogP contribution is 2.25. The summed E-state index contributed by atoms with van der Waals surface area (Å²) in [7, 11) is 0. The van der Waals surface area contributed by atoms with Gasteiger partial charge < -0.3 is 10.2 Å². The predicted octanol–water partition coefficient (Wildman–Crippen LogP) is 5.44. The highest BCUT2D eigenvalue weighted by molar-refractivity contribution is 5.73. The van der Waals surface area contributed by atoms with Gasteiger partial charge in [0.25, 0.3) is 0 Å². The number of phenols is 2. The van der Waals surface area contributed by atoms with Crippen molar-refractivity contribution in [3.05, 3.63) is 95.1 Å². The van der Waals surface area contributed by atoms with Crippen molar-refractivity contribution in [3.63, 3.8) is 0 Å². The zero-order valence-corrected chi connectivity index (χ0v) is 13.1. The first-order valence-corrected chi connectivity index (χ1v) is 7.74. The second-order valence-electron chi connectivity index (χ2n) is 5.49. The standard InChI is InChI=1S/C22H18O2/c23-21-15-14-20(16-22(21)24)13-12-19-10-8-18(9-11-19)7-6-17-4-2-1-3-5-17/h1-16,23-24H/b7-6+,13-12+. The Kier molecular flexibility index (Phi) is 4.78. The lowest BCUT2D eigenvalue weighted by Gasteiger charge is -1.99. The summed E-state index contributed by atoms with van der Waals surface area (Å²) in [6.07, 6.45) is 8.04. The fraction of sp³-hybridized carbons (Fsp3) is 0. The Morgan fingerprint density at radius 2 is 0.917 bits per heavy atom. The van der Waals surface area contributed by atoms with E-state index >= 15 is 0 Å². The normalized spacial score (nSPS) is 11.3. The summed E-state index contributed by atoms with van der Waals surface area (Å²) in [6.45, 7) is 0. The molecule has 0 saturated carbocycles. The lowest BCUT2D eigenvalue weighted by Crippen LogP contribution is -1.76. The third-order valence-electron chi connectivity index (χ3n) is 3.67. The number of aromatic hydroxyl groups is 2. The van der Waals surface area contributed by atoms with Crippen molar-refractivity contribution < 1.29 is 10.2 Å². The largest absolute Gasteiger partial charge is 0.504 e. The van der Waals surface area contributed by atoms with Crippen molar-refractivity contribution >= 4 is 24.3 Å². The van der Waals surface area contributed by atoms with Gasteiger partial charge in [0.2, 0.25) is 0 Å². The molecule has 0 radical (unpaired) electrons. The van der Waals surface area contributed by atoms with Gasteiger partial charge in [-0.3, -0.25) is 0 Å². The molecule has 2 nitrogen and oxygen atoms in total. The summed E-state index contributed by atoms with van der Waals surface area (Å²) in [6, 6.07) is 23.2. The molecule has 0 aliphatic heterocycles. The molecule has 0 heterocycles. The molecular formula is C22H18O2. The Morgan fingerprint density at radius 1 is 0.458 bits per heavy atom. The van der Waals surface area contributed by atoms with Crippen LogP contribution in [0.1, 0.15) is 22.3 Å². The molecule has 2 N–H and O–H groups in total. The molecule has 0 saturated heterocycles. The molecule has 118 valence electrons. The Bertz CT molecular complexity index is 860. The predicted molar refractivity (Wildman–Crippen MR) is 101 cm³/mol. The highest BCUT2D eigenvalue weighted by Gasteiger charge is 1.97. The van der Waals surface area contributed by atoms with Crippen LogP contribution in [0.4, 0.5) is 0 Å². The first kappa shape index (κ1) is 15.6. The van der Waals surface area contributed by atoms with Crippen LogP contribution in [0, 0.1) is 0 Å². The van der Waals surface area contributed by atoms with Crippen LogP contribution in [0.3, 0.4) is 0 Å². The minimum Gasteiger partial charge on any atom is -0.504 e. The van der Waals surface area contributed by atoms with E-state index in [0.717, 1.165) is 16.7 Å². The Hall–Kier alpha value is -3.26. The second kappa shape index (κ2) is 7.34. The van der Waals surface area contributed by atoms with Gasteiger partial charge >= 0.3 is 0 Å². The monoisotopic (exact) mass is 314 g/mol. The van der Waals surface area contributed by atoms with Crippen LogP contribution in [0.25, 0.3) is 24.3 Å². The SMILES string of the molecule is Oc1ccc(/C=C/c2ccc(/C=C/c3ccccc3)cc2)cc1O. The molecule has 0 aliphatic rings. The van der Waals surface area contributed by atoms with Crippen LogP contribution in [-0.4, -0.2) is 10.2 Å². The van der Waals surface area contributed by atoms with Gasteiger partial charge in [0.15, 0.2) is 11.5 Å². The van der Waals surface area contributed by atoms with E-state index in [2.05, 4.69) is 36.4 Å². The zero-order chi connectivity index (χ0) is 16.8. The van der Waals surface area contributed by atoms with Gasteiger partial charge in [0.05, 0.1) is 0 Å². The van der Waals surface area contributed by atoms with E-state index in [1.165, 1.54) is 17.7 Å². The van der Waals surface area contributed by atoms with Crippen molar-refractivity contribution in [3.8, 4) is 11.5 Å². The molecule has 0 aromatic heterocycles. The highest BCUT2D eigenvalue weighted by atomic mass is 16.3. The van der Waals surface area contributed by atoms with E-state index in [1.807, 2.05) is 42.5 Å². The van der Waals surface area contributed by atoms with E-state index in [-0.39, 0.29) is 11.5 Å². The molecule has 0 amide bonds. The maximum Gasteiger partial charge on any atom is 0.157 e. The molecular weight excluding hydrogens is 296 g/mol. The van der Waals surface area contributed by atoms with Gasteiger partial charge in [-0.25, -0.2) is 0 Å². The number of rotatable bonds is 4. The Labute approximate surface area is 141 Å². The van der Waals surface area contributed by atoms with Crippen molar-refractivity contribution in [1.82, 2.24) is 0 Å². The topological polar surface area (TPSA) is 40.5 Å². The molecule has 3 rings (SSSR count). The van der Waals surface area contributed by atoms with E-state index in [4.69, 9.17) is 0 Å². The molecule has 0 spiro atoms. The molecule has 3 aromatic rings. The van der Waals surface area contributed by atoms with Gasteiger partial charge in [-0.05, 0) is 34.4 Å². The summed E-state index contributed by atoms with van der Waals surface area (Å²) in [5.74, 6) is -0.222. The van der Waals surface area contributed by atoms with Crippen LogP contribution in [0.15, 0.2) is 72.8 Å². The molecule has 0 aliphatic carbocycles. The zero-order valence-electron chi connectivity index (χ0n) is 13.1. The fourth-order valence-corrected chi connectivity index (χ4v) is 2.31. The van der Waals surface area contributed by atoms with Crippen LogP contribution in [-0.2, 0) is 0 Å². The molecule has 0 unspecified atom stereocenters. The first-order chi connectivity index (χ1) is 11.7. The van der Waals surface area contributed by atoms with Crippen LogP contribution in [0.2, 0.25) is 0 Å². The number of hydrogen-bond donors (Lipinski definition) is 2.